The molecule has 1 aromatic heterocycles. The van der Waals surface area contributed by atoms with Crippen LogP contribution in [0.1, 0.15) is 19.3 Å². The molecule has 0 aliphatic carbocycles. The van der Waals surface area contributed by atoms with Crippen molar-refractivity contribution in [3.8, 4) is 0 Å². The van der Waals surface area contributed by atoms with Crippen LogP contribution in [0.3, 0.4) is 0 Å². The molecule has 0 radical (unpaired) electrons. The highest BCUT2D eigenvalue weighted by Crippen LogP contribution is 2.02. The van der Waals surface area contributed by atoms with Crippen molar-refractivity contribution in [1.29, 1.82) is 0 Å². The van der Waals surface area contributed by atoms with E-state index in [1.54, 1.807) is 18.5 Å². The first-order valence-electron chi connectivity index (χ1n) is 4.61. The van der Waals surface area contributed by atoms with Gasteiger partial charge in [0.05, 0.1) is 10.8 Å². The second kappa shape index (κ2) is 6.62. The van der Waals surface area contributed by atoms with Crippen LogP contribution in [0.4, 0.5) is 0 Å². The van der Waals surface area contributed by atoms with E-state index in [1.807, 2.05) is 0 Å². The minimum atomic E-state index is -1.09. The minimum absolute atomic E-state index is 0.203. The molecule has 14 heavy (non-hydrogen) atoms. The van der Waals surface area contributed by atoms with Crippen LogP contribution < -0.4 is 0 Å². The maximum Gasteiger partial charge on any atom is 0.218 e. The van der Waals surface area contributed by atoms with Crippen molar-refractivity contribution in [2.24, 2.45) is 0 Å². The van der Waals surface area contributed by atoms with E-state index in [0.29, 0.717) is 10.9 Å². The van der Waals surface area contributed by atoms with E-state index in [-0.39, 0.29) is 6.61 Å². The fourth-order valence-electron chi connectivity index (χ4n) is 1.02. The monoisotopic (exact) mass is 214 g/mol. The Kier molecular flexibility index (Phi) is 5.32. The van der Waals surface area contributed by atoms with Crippen LogP contribution in [-0.2, 0) is 10.8 Å². The molecule has 1 heterocycles. The van der Waals surface area contributed by atoms with Crippen molar-refractivity contribution in [3.63, 3.8) is 0 Å². The summed E-state index contributed by atoms with van der Waals surface area (Å²) in [6.45, 7) is 0.203. The summed E-state index contributed by atoms with van der Waals surface area (Å²) in [6, 6.07) is 1.70. The number of aliphatic hydroxyl groups excluding tert-OH is 1. The number of unbranched alkanes of at least 4 members (excludes halogenated alkanes) is 2. The van der Waals surface area contributed by atoms with Gasteiger partial charge in [-0.25, -0.2) is 9.97 Å². The average Bonchev–Trinajstić information content (AvgIpc) is 2.25. The van der Waals surface area contributed by atoms with Crippen LogP contribution in [0.25, 0.3) is 0 Å². The van der Waals surface area contributed by atoms with E-state index in [0.717, 1.165) is 19.3 Å². The molecule has 1 rings (SSSR count). The third-order valence-electron chi connectivity index (χ3n) is 1.73. The molecule has 0 bridgehead atoms. The topological polar surface area (TPSA) is 63.1 Å². The maximum atomic E-state index is 11.5. The van der Waals surface area contributed by atoms with Crippen molar-refractivity contribution < 1.29 is 9.32 Å². The van der Waals surface area contributed by atoms with Crippen LogP contribution in [0.15, 0.2) is 23.6 Å². The predicted molar refractivity (Wildman–Crippen MR) is 54.2 cm³/mol. The number of hydrogen-bond donors (Lipinski definition) is 1. The highest BCUT2D eigenvalue weighted by molar-refractivity contribution is 7.84. The summed E-state index contributed by atoms with van der Waals surface area (Å²) in [7, 11) is -1.09. The number of aliphatic hydroxyl groups is 1. The van der Waals surface area contributed by atoms with Crippen molar-refractivity contribution in [2.45, 2.75) is 24.4 Å². The average molecular weight is 214 g/mol. The number of aromatic nitrogens is 2. The van der Waals surface area contributed by atoms with Crippen LogP contribution in [0.2, 0.25) is 0 Å². The lowest BCUT2D eigenvalue weighted by molar-refractivity contribution is 0.284. The molecular formula is C9H14N2O2S. The molecular weight excluding hydrogens is 200 g/mol. The first kappa shape index (κ1) is 11.3. The molecule has 1 atom stereocenters. The molecule has 0 aromatic carbocycles. The molecule has 0 fully saturated rings. The Morgan fingerprint density at radius 2 is 1.93 bits per heavy atom. The zero-order valence-electron chi connectivity index (χ0n) is 7.93. The lowest BCUT2D eigenvalue weighted by Gasteiger charge is -1.99. The summed E-state index contributed by atoms with van der Waals surface area (Å²) in [5.74, 6) is 0.573. The Hall–Kier alpha value is -0.810. The second-order valence-electron chi connectivity index (χ2n) is 2.87. The minimum Gasteiger partial charge on any atom is -0.396 e. The highest BCUT2D eigenvalue weighted by Gasteiger charge is 2.04. The molecule has 0 saturated heterocycles. The van der Waals surface area contributed by atoms with Crippen molar-refractivity contribution in [2.75, 3.05) is 12.4 Å². The Balaban J connectivity index is 2.29. The lowest BCUT2D eigenvalue weighted by Crippen LogP contribution is -2.02. The SMILES string of the molecule is O=S(CCCCCO)c1ncccn1. The molecule has 0 amide bonds. The van der Waals surface area contributed by atoms with Crippen molar-refractivity contribution in [3.05, 3.63) is 18.5 Å². The van der Waals surface area contributed by atoms with Gasteiger partial charge in [-0.15, -0.1) is 0 Å². The third-order valence-corrected chi connectivity index (χ3v) is 3.01. The summed E-state index contributed by atoms with van der Waals surface area (Å²) in [6.07, 6.45) is 5.69. The molecule has 1 N–H and O–H groups in total. The van der Waals surface area contributed by atoms with Gasteiger partial charge >= 0.3 is 0 Å². The molecule has 1 aromatic rings. The van der Waals surface area contributed by atoms with Gasteiger partial charge in [0.1, 0.15) is 0 Å². The fraction of sp³-hybridized carbons (Fsp3) is 0.556. The number of nitrogens with zero attached hydrogens (tertiary/aromatic N) is 2. The molecule has 0 aliphatic rings. The number of hydrogen-bond acceptors (Lipinski definition) is 4. The Bertz CT molecular complexity index is 279. The first-order chi connectivity index (χ1) is 6.84. The van der Waals surface area contributed by atoms with E-state index in [9.17, 15) is 4.21 Å². The van der Waals surface area contributed by atoms with Gasteiger partial charge in [0, 0.05) is 24.8 Å². The molecule has 0 spiro atoms. The summed E-state index contributed by atoms with van der Waals surface area (Å²) in [4.78, 5) is 7.83. The summed E-state index contributed by atoms with van der Waals surface area (Å²) in [5, 5.41) is 8.95. The maximum absolute atomic E-state index is 11.5. The molecule has 1 unspecified atom stereocenters. The van der Waals surface area contributed by atoms with Gasteiger partial charge in [0.2, 0.25) is 5.16 Å². The predicted octanol–water partition coefficient (Wildman–Crippen LogP) is 0.747. The van der Waals surface area contributed by atoms with Crippen LogP contribution in [-0.4, -0.2) is 31.6 Å². The Labute approximate surface area is 85.9 Å². The third kappa shape index (κ3) is 3.93. The van der Waals surface area contributed by atoms with E-state index in [1.165, 1.54) is 0 Å². The molecule has 5 heteroatoms. The smallest absolute Gasteiger partial charge is 0.218 e. The van der Waals surface area contributed by atoms with E-state index in [2.05, 4.69) is 9.97 Å². The Morgan fingerprint density at radius 3 is 2.57 bits per heavy atom. The van der Waals surface area contributed by atoms with Crippen molar-refractivity contribution >= 4 is 10.8 Å². The molecule has 4 nitrogen and oxygen atoms in total. The lowest BCUT2D eigenvalue weighted by atomic mass is 10.3. The normalized spacial score (nSPS) is 12.6. The van der Waals surface area contributed by atoms with E-state index >= 15 is 0 Å². The standard InChI is InChI=1S/C9H14N2O2S/c12-7-2-1-3-8-14(13)9-10-5-4-6-11-9/h4-6,12H,1-3,7-8H2. The highest BCUT2D eigenvalue weighted by atomic mass is 32.2. The largest absolute Gasteiger partial charge is 0.396 e. The quantitative estimate of drug-likeness (QED) is 0.560. The molecule has 78 valence electrons. The summed E-state index contributed by atoms with van der Waals surface area (Å²) >= 11 is 0. The second-order valence-corrected chi connectivity index (χ2v) is 4.33. The molecule has 0 saturated carbocycles. The van der Waals surface area contributed by atoms with Gasteiger partial charge in [-0.05, 0) is 18.9 Å². The molecule has 0 aliphatic heterocycles. The Morgan fingerprint density at radius 1 is 1.21 bits per heavy atom. The van der Waals surface area contributed by atoms with Gasteiger partial charge in [0.15, 0.2) is 0 Å². The van der Waals surface area contributed by atoms with Crippen molar-refractivity contribution in [1.82, 2.24) is 9.97 Å². The van der Waals surface area contributed by atoms with Gasteiger partial charge in [-0.2, -0.15) is 0 Å². The summed E-state index contributed by atoms with van der Waals surface area (Å²) < 4.78 is 11.5. The van der Waals surface area contributed by atoms with Gasteiger partial charge in [-0.1, -0.05) is 6.42 Å². The number of rotatable bonds is 6. The van der Waals surface area contributed by atoms with E-state index in [4.69, 9.17) is 5.11 Å². The summed E-state index contributed by atoms with van der Waals surface area (Å²) in [5.41, 5.74) is 0. The van der Waals surface area contributed by atoms with Crippen LogP contribution in [0.5, 0.6) is 0 Å². The zero-order valence-corrected chi connectivity index (χ0v) is 8.74. The van der Waals surface area contributed by atoms with Crippen LogP contribution in [0, 0.1) is 0 Å². The van der Waals surface area contributed by atoms with E-state index < -0.39 is 10.8 Å². The van der Waals surface area contributed by atoms with Gasteiger partial charge < -0.3 is 5.11 Å². The first-order valence-corrected chi connectivity index (χ1v) is 5.92. The van der Waals surface area contributed by atoms with Gasteiger partial charge in [0.25, 0.3) is 0 Å². The zero-order chi connectivity index (χ0) is 10.2. The van der Waals surface area contributed by atoms with Crippen LogP contribution >= 0.6 is 0 Å². The van der Waals surface area contributed by atoms with Gasteiger partial charge in [-0.3, -0.25) is 4.21 Å². The fourth-order valence-corrected chi connectivity index (χ4v) is 2.02.